The minimum atomic E-state index is -3.20. The summed E-state index contributed by atoms with van der Waals surface area (Å²) in [6, 6.07) is 6.20. The maximum Gasteiger partial charge on any atom is 0.191 e. The van der Waals surface area contributed by atoms with Crippen LogP contribution >= 0.6 is 35.3 Å². The number of thiophene rings is 1. The van der Waals surface area contributed by atoms with Gasteiger partial charge >= 0.3 is 0 Å². The van der Waals surface area contributed by atoms with Crippen LogP contribution in [0.3, 0.4) is 0 Å². The van der Waals surface area contributed by atoms with Crippen molar-refractivity contribution in [3.8, 4) is 0 Å². The maximum atomic E-state index is 13.5. The predicted octanol–water partition coefficient (Wildman–Crippen LogP) is 3.22. The molecule has 9 heteroatoms. The third-order valence-electron chi connectivity index (χ3n) is 3.64. The first-order chi connectivity index (χ1) is 11.8. The van der Waals surface area contributed by atoms with Gasteiger partial charge in [-0.1, -0.05) is 6.07 Å². The van der Waals surface area contributed by atoms with Crippen LogP contribution in [-0.2, 0) is 28.7 Å². The second kappa shape index (κ2) is 10.2. The summed E-state index contributed by atoms with van der Waals surface area (Å²) >= 11 is 1.67. The normalized spacial score (nSPS) is 11.8. The molecule has 0 spiro atoms. The van der Waals surface area contributed by atoms with Gasteiger partial charge in [-0.25, -0.2) is 12.8 Å². The van der Waals surface area contributed by atoms with E-state index >= 15 is 0 Å². The highest BCUT2D eigenvalue weighted by Crippen LogP contribution is 2.16. The molecule has 0 saturated carbocycles. The molecule has 2 aromatic rings. The number of guanidine groups is 1. The summed E-state index contributed by atoms with van der Waals surface area (Å²) in [7, 11) is -1.54. The Hall–Kier alpha value is -1.20. The summed E-state index contributed by atoms with van der Waals surface area (Å²) in [6.07, 6.45) is 1.16. The number of benzene rings is 1. The second-order valence-electron chi connectivity index (χ2n) is 5.79. The molecule has 0 unspecified atom stereocenters. The summed E-state index contributed by atoms with van der Waals surface area (Å²) in [5, 5.41) is 8.34. The van der Waals surface area contributed by atoms with Crippen LogP contribution in [0.1, 0.15) is 21.6 Å². The van der Waals surface area contributed by atoms with E-state index in [2.05, 4.69) is 21.7 Å². The molecule has 144 valence electrons. The Kier molecular flexibility index (Phi) is 8.97. The summed E-state index contributed by atoms with van der Waals surface area (Å²) in [5.74, 6) is 0.0543. The Labute approximate surface area is 175 Å². The van der Waals surface area contributed by atoms with Gasteiger partial charge in [0, 0.05) is 24.7 Å². The fraction of sp³-hybridized carbons (Fsp3) is 0.353. The monoisotopic (exact) mass is 511 g/mol. The van der Waals surface area contributed by atoms with Gasteiger partial charge in [-0.2, -0.15) is 0 Å². The first-order valence-electron chi connectivity index (χ1n) is 7.71. The molecule has 2 rings (SSSR count). The molecule has 5 nitrogen and oxygen atoms in total. The summed E-state index contributed by atoms with van der Waals surface area (Å²) in [6.45, 7) is 2.97. The Morgan fingerprint density at radius 1 is 1.19 bits per heavy atom. The molecule has 26 heavy (non-hydrogen) atoms. The van der Waals surface area contributed by atoms with Gasteiger partial charge in [0.2, 0.25) is 0 Å². The fourth-order valence-corrected chi connectivity index (χ4v) is 4.02. The van der Waals surface area contributed by atoms with E-state index < -0.39 is 15.7 Å². The molecule has 0 aliphatic rings. The molecule has 0 fully saturated rings. The van der Waals surface area contributed by atoms with Crippen molar-refractivity contribution in [2.45, 2.75) is 25.8 Å². The average Bonchev–Trinajstić information content (AvgIpc) is 2.94. The zero-order valence-corrected chi connectivity index (χ0v) is 18.8. The van der Waals surface area contributed by atoms with Crippen LogP contribution in [0.25, 0.3) is 0 Å². The lowest BCUT2D eigenvalue weighted by Gasteiger charge is -2.14. The molecule has 1 aromatic carbocycles. The molecule has 0 radical (unpaired) electrons. The van der Waals surface area contributed by atoms with E-state index in [9.17, 15) is 12.8 Å². The lowest BCUT2D eigenvalue weighted by atomic mass is 10.1. The summed E-state index contributed by atoms with van der Waals surface area (Å²) in [5.41, 5.74) is 2.40. The van der Waals surface area contributed by atoms with Crippen molar-refractivity contribution >= 4 is 51.1 Å². The Bertz CT molecular complexity index is 867. The Morgan fingerprint density at radius 2 is 1.88 bits per heavy atom. The van der Waals surface area contributed by atoms with Crippen molar-refractivity contribution in [2.24, 2.45) is 4.99 Å². The van der Waals surface area contributed by atoms with E-state index in [1.807, 2.05) is 12.3 Å². The lowest BCUT2D eigenvalue weighted by molar-refractivity contribution is 0.599. The van der Waals surface area contributed by atoms with Crippen molar-refractivity contribution in [1.82, 2.24) is 10.6 Å². The van der Waals surface area contributed by atoms with Crippen molar-refractivity contribution in [3.63, 3.8) is 0 Å². The van der Waals surface area contributed by atoms with Crippen molar-refractivity contribution in [2.75, 3.05) is 13.3 Å². The Balaban J connectivity index is 0.00000338. The molecule has 0 amide bonds. The molecule has 2 N–H and O–H groups in total. The zero-order chi connectivity index (χ0) is 18.4. The SMILES string of the molecule is CN=C(NCc1cc(F)ccc1CS(C)(=O)=O)NCc1sccc1C.I. The van der Waals surface area contributed by atoms with E-state index in [-0.39, 0.29) is 36.3 Å². The minimum absolute atomic E-state index is 0. The number of nitrogens with zero attached hydrogens (tertiary/aromatic N) is 1. The van der Waals surface area contributed by atoms with Gasteiger partial charge in [0.05, 0.1) is 12.3 Å². The molecule has 1 heterocycles. The van der Waals surface area contributed by atoms with E-state index in [0.717, 1.165) is 6.26 Å². The summed E-state index contributed by atoms with van der Waals surface area (Å²) < 4.78 is 36.6. The molecule has 0 aliphatic heterocycles. The van der Waals surface area contributed by atoms with Crippen LogP contribution < -0.4 is 10.6 Å². The number of sulfone groups is 1. The molecule has 0 aliphatic carbocycles. The highest BCUT2D eigenvalue weighted by atomic mass is 127. The molecule has 0 saturated heterocycles. The maximum absolute atomic E-state index is 13.5. The molecular formula is C17H23FIN3O2S2. The number of rotatable bonds is 6. The molecule has 1 aromatic heterocycles. The molecular weight excluding hydrogens is 488 g/mol. The van der Waals surface area contributed by atoms with Crippen LogP contribution in [0.2, 0.25) is 0 Å². The van der Waals surface area contributed by atoms with Crippen LogP contribution in [0.15, 0.2) is 34.6 Å². The van der Waals surface area contributed by atoms with Gasteiger partial charge in [-0.3, -0.25) is 4.99 Å². The van der Waals surface area contributed by atoms with Gasteiger partial charge < -0.3 is 10.6 Å². The zero-order valence-electron chi connectivity index (χ0n) is 14.9. The van der Waals surface area contributed by atoms with Crippen LogP contribution in [0, 0.1) is 12.7 Å². The first-order valence-corrected chi connectivity index (χ1v) is 10.6. The number of hydrogen-bond donors (Lipinski definition) is 2. The lowest BCUT2D eigenvalue weighted by Crippen LogP contribution is -2.36. The number of aryl methyl sites for hydroxylation is 1. The van der Waals surface area contributed by atoms with Crippen LogP contribution in [0.5, 0.6) is 0 Å². The quantitative estimate of drug-likeness (QED) is 0.355. The first kappa shape index (κ1) is 22.8. The highest BCUT2D eigenvalue weighted by Gasteiger charge is 2.11. The van der Waals surface area contributed by atoms with Crippen molar-refractivity contribution in [3.05, 3.63) is 57.0 Å². The van der Waals surface area contributed by atoms with E-state index in [4.69, 9.17) is 0 Å². The highest BCUT2D eigenvalue weighted by molar-refractivity contribution is 14.0. The molecule has 0 bridgehead atoms. The largest absolute Gasteiger partial charge is 0.352 e. The predicted molar refractivity (Wildman–Crippen MR) is 116 cm³/mol. The number of nitrogens with one attached hydrogen (secondary N) is 2. The van der Waals surface area contributed by atoms with Gasteiger partial charge in [0.25, 0.3) is 0 Å². The Morgan fingerprint density at radius 3 is 2.46 bits per heavy atom. The third kappa shape index (κ3) is 7.20. The van der Waals surface area contributed by atoms with Gasteiger partial charge in [-0.15, -0.1) is 35.3 Å². The standard InChI is InChI=1S/C17H22FN3O2S2.HI/c1-12-6-7-24-16(12)10-21-17(19-2)20-9-14-8-15(18)5-4-13(14)11-25(3,22)23;/h4-8H,9-11H2,1-3H3,(H2,19,20,21);1H. The minimum Gasteiger partial charge on any atom is -0.352 e. The number of hydrogen-bond acceptors (Lipinski definition) is 4. The van der Waals surface area contributed by atoms with Gasteiger partial charge in [0.1, 0.15) is 5.82 Å². The van der Waals surface area contributed by atoms with Crippen molar-refractivity contribution < 1.29 is 12.8 Å². The second-order valence-corrected chi connectivity index (χ2v) is 8.93. The molecule has 0 atom stereocenters. The van der Waals surface area contributed by atoms with Gasteiger partial charge in [0.15, 0.2) is 15.8 Å². The topological polar surface area (TPSA) is 70.6 Å². The van der Waals surface area contributed by atoms with E-state index in [1.54, 1.807) is 18.4 Å². The van der Waals surface area contributed by atoms with E-state index in [0.29, 0.717) is 23.6 Å². The smallest absolute Gasteiger partial charge is 0.191 e. The fourth-order valence-electron chi connectivity index (χ4n) is 2.33. The van der Waals surface area contributed by atoms with Crippen LogP contribution in [-0.4, -0.2) is 27.7 Å². The van der Waals surface area contributed by atoms with E-state index in [1.165, 1.54) is 28.6 Å². The number of aliphatic imine (C=N–C) groups is 1. The third-order valence-corrected chi connectivity index (χ3v) is 5.50. The van der Waals surface area contributed by atoms with Crippen LogP contribution in [0.4, 0.5) is 4.39 Å². The summed E-state index contributed by atoms with van der Waals surface area (Å²) in [4.78, 5) is 5.36. The number of halogens is 2. The average molecular weight is 511 g/mol. The van der Waals surface area contributed by atoms with Gasteiger partial charge in [-0.05, 0) is 47.2 Å². The van der Waals surface area contributed by atoms with Crippen molar-refractivity contribution in [1.29, 1.82) is 0 Å².